The smallest absolute Gasteiger partial charge is 0.413 e. The van der Waals surface area contributed by atoms with Crippen molar-refractivity contribution >= 4 is 17.7 Å². The lowest BCUT2D eigenvalue weighted by Gasteiger charge is -2.28. The Labute approximate surface area is 129 Å². The summed E-state index contributed by atoms with van der Waals surface area (Å²) in [5, 5.41) is 2.69. The minimum atomic E-state index is -0.520. The molecule has 1 N–H and O–H groups in total. The highest BCUT2D eigenvalue weighted by atomic mass is 16.5. The van der Waals surface area contributed by atoms with Gasteiger partial charge in [-0.2, -0.15) is 0 Å². The van der Waals surface area contributed by atoms with Gasteiger partial charge in [-0.05, 0) is 17.7 Å². The molecule has 1 amide bonds. The molecule has 1 aliphatic rings. The molecule has 1 unspecified atom stereocenters. The van der Waals surface area contributed by atoms with Crippen LogP contribution in [0.2, 0.25) is 0 Å². The molecular weight excluding hydrogens is 278 g/mol. The van der Waals surface area contributed by atoms with Gasteiger partial charge in [0.2, 0.25) is 5.96 Å². The van der Waals surface area contributed by atoms with Crippen LogP contribution in [-0.2, 0) is 4.74 Å². The van der Waals surface area contributed by atoms with E-state index in [0.29, 0.717) is 12.5 Å². The molecular formula is C17H17N3O2. The number of hydrogen-bond donors (Lipinski definition) is 1. The molecule has 0 spiro atoms. The molecule has 0 aliphatic carbocycles. The Morgan fingerprint density at radius 1 is 1.14 bits per heavy atom. The third-order valence-corrected chi connectivity index (χ3v) is 3.57. The minimum absolute atomic E-state index is 0.0516. The van der Waals surface area contributed by atoms with Crippen molar-refractivity contribution in [2.75, 3.05) is 18.6 Å². The molecule has 1 aliphatic heterocycles. The molecule has 112 valence electrons. The van der Waals surface area contributed by atoms with Gasteiger partial charge >= 0.3 is 6.09 Å². The van der Waals surface area contributed by atoms with Crippen molar-refractivity contribution in [3.05, 3.63) is 66.2 Å². The first-order chi connectivity index (χ1) is 10.8. The van der Waals surface area contributed by atoms with Crippen molar-refractivity contribution in [3.8, 4) is 0 Å². The molecule has 5 heteroatoms. The Bertz CT molecular complexity index is 671. The van der Waals surface area contributed by atoms with Crippen molar-refractivity contribution in [2.45, 2.75) is 6.04 Å². The normalized spacial score (nSPS) is 17.0. The average Bonchev–Trinajstić information content (AvgIpc) is 3.00. The Morgan fingerprint density at radius 2 is 1.77 bits per heavy atom. The van der Waals surface area contributed by atoms with E-state index in [9.17, 15) is 4.79 Å². The third-order valence-electron chi connectivity index (χ3n) is 3.57. The van der Waals surface area contributed by atoms with Crippen LogP contribution in [0.4, 0.5) is 10.5 Å². The van der Waals surface area contributed by atoms with Crippen molar-refractivity contribution in [1.29, 1.82) is 0 Å². The lowest BCUT2D eigenvalue weighted by Crippen LogP contribution is -2.42. The molecule has 3 rings (SSSR count). The molecule has 0 fully saturated rings. The van der Waals surface area contributed by atoms with Crippen LogP contribution in [0.1, 0.15) is 11.6 Å². The molecule has 1 heterocycles. The SMILES string of the molecule is COC(=O)NC1=NCC(c2ccccc2)N1c1ccccc1. The summed E-state index contributed by atoms with van der Waals surface area (Å²) in [5.74, 6) is 0.506. The highest BCUT2D eigenvalue weighted by Crippen LogP contribution is 2.31. The molecule has 0 saturated carbocycles. The summed E-state index contributed by atoms with van der Waals surface area (Å²) < 4.78 is 4.68. The predicted molar refractivity (Wildman–Crippen MR) is 85.9 cm³/mol. The van der Waals surface area contributed by atoms with Crippen molar-refractivity contribution in [1.82, 2.24) is 5.32 Å². The zero-order valence-electron chi connectivity index (χ0n) is 12.3. The summed E-state index contributed by atoms with van der Waals surface area (Å²) in [6.45, 7) is 0.582. The summed E-state index contributed by atoms with van der Waals surface area (Å²) in [7, 11) is 1.34. The number of rotatable bonds is 2. The van der Waals surface area contributed by atoms with E-state index in [0.717, 1.165) is 11.3 Å². The number of methoxy groups -OCH3 is 1. The first-order valence-electron chi connectivity index (χ1n) is 7.08. The number of hydrogen-bond acceptors (Lipinski definition) is 4. The van der Waals surface area contributed by atoms with Gasteiger partial charge in [0.05, 0.1) is 19.7 Å². The molecule has 5 nitrogen and oxygen atoms in total. The van der Waals surface area contributed by atoms with E-state index >= 15 is 0 Å². The van der Waals surface area contributed by atoms with E-state index in [1.807, 2.05) is 53.4 Å². The van der Waals surface area contributed by atoms with E-state index in [-0.39, 0.29) is 6.04 Å². The second kappa shape index (κ2) is 6.30. The Morgan fingerprint density at radius 3 is 2.41 bits per heavy atom. The lowest BCUT2D eigenvalue weighted by molar-refractivity contribution is 0.176. The molecule has 1 atom stereocenters. The summed E-state index contributed by atoms with van der Waals surface area (Å²) in [6.07, 6.45) is -0.520. The van der Waals surface area contributed by atoms with E-state index in [1.54, 1.807) is 0 Å². The maximum absolute atomic E-state index is 11.5. The van der Waals surface area contributed by atoms with Gasteiger partial charge in [0.25, 0.3) is 0 Å². The zero-order valence-corrected chi connectivity index (χ0v) is 12.3. The van der Waals surface area contributed by atoms with Gasteiger partial charge < -0.3 is 9.64 Å². The van der Waals surface area contributed by atoms with Crippen molar-refractivity contribution < 1.29 is 9.53 Å². The number of guanidine groups is 1. The number of carbonyl (C=O) groups is 1. The number of ether oxygens (including phenoxy) is 1. The van der Waals surface area contributed by atoms with Crippen LogP contribution in [0.5, 0.6) is 0 Å². The van der Waals surface area contributed by atoms with Crippen LogP contribution in [0, 0.1) is 0 Å². The third kappa shape index (κ3) is 2.79. The van der Waals surface area contributed by atoms with Crippen LogP contribution in [-0.4, -0.2) is 25.7 Å². The van der Waals surface area contributed by atoms with Crippen molar-refractivity contribution in [3.63, 3.8) is 0 Å². The number of carbonyl (C=O) groups excluding carboxylic acids is 1. The van der Waals surface area contributed by atoms with Crippen molar-refractivity contribution in [2.24, 2.45) is 4.99 Å². The number of alkyl carbamates (subject to hydrolysis) is 1. The fourth-order valence-electron chi connectivity index (χ4n) is 2.54. The molecule has 0 aromatic heterocycles. The van der Waals surface area contributed by atoms with E-state index in [2.05, 4.69) is 27.2 Å². The van der Waals surface area contributed by atoms with E-state index < -0.39 is 6.09 Å². The lowest BCUT2D eigenvalue weighted by atomic mass is 10.1. The minimum Gasteiger partial charge on any atom is -0.453 e. The van der Waals surface area contributed by atoms with Crippen LogP contribution < -0.4 is 10.2 Å². The molecule has 0 radical (unpaired) electrons. The highest BCUT2D eigenvalue weighted by Gasteiger charge is 2.31. The number of amides is 1. The first-order valence-corrected chi connectivity index (χ1v) is 7.08. The number of anilines is 1. The standard InChI is InChI=1S/C17H17N3O2/c1-22-17(21)19-16-18-12-15(13-8-4-2-5-9-13)20(16)14-10-6-3-7-11-14/h2-11,15H,12H2,1H3,(H,18,19,21). The first kappa shape index (κ1) is 14.1. The van der Waals surface area contributed by atoms with Crippen LogP contribution in [0.25, 0.3) is 0 Å². The van der Waals surface area contributed by atoms with Gasteiger partial charge in [-0.1, -0.05) is 48.5 Å². The largest absolute Gasteiger partial charge is 0.453 e. The number of para-hydroxylation sites is 1. The highest BCUT2D eigenvalue weighted by molar-refractivity contribution is 6.05. The molecule has 2 aromatic carbocycles. The molecule has 2 aromatic rings. The monoisotopic (exact) mass is 295 g/mol. The maximum atomic E-state index is 11.5. The second-order valence-electron chi connectivity index (χ2n) is 4.91. The number of benzene rings is 2. The fourth-order valence-corrected chi connectivity index (χ4v) is 2.54. The molecule has 0 bridgehead atoms. The fraction of sp³-hybridized carbons (Fsp3) is 0.176. The van der Waals surface area contributed by atoms with E-state index in [1.165, 1.54) is 7.11 Å². The van der Waals surface area contributed by atoms with Gasteiger partial charge in [-0.25, -0.2) is 9.79 Å². The number of aliphatic imine (C=N–C) groups is 1. The topological polar surface area (TPSA) is 53.9 Å². The second-order valence-corrected chi connectivity index (χ2v) is 4.91. The Kier molecular flexibility index (Phi) is 4.05. The molecule has 0 saturated heterocycles. The van der Waals surface area contributed by atoms with Gasteiger partial charge in [0, 0.05) is 5.69 Å². The summed E-state index contributed by atoms with van der Waals surface area (Å²) in [5.41, 5.74) is 2.13. The zero-order chi connectivity index (χ0) is 15.4. The van der Waals surface area contributed by atoms with Crippen LogP contribution >= 0.6 is 0 Å². The quantitative estimate of drug-likeness (QED) is 0.926. The summed E-state index contributed by atoms with van der Waals surface area (Å²) in [4.78, 5) is 18.0. The van der Waals surface area contributed by atoms with Gasteiger partial charge in [0.1, 0.15) is 0 Å². The maximum Gasteiger partial charge on any atom is 0.413 e. The van der Waals surface area contributed by atoms with Gasteiger partial charge in [0.15, 0.2) is 0 Å². The number of nitrogens with one attached hydrogen (secondary N) is 1. The number of nitrogens with zero attached hydrogens (tertiary/aromatic N) is 2. The summed E-state index contributed by atoms with van der Waals surface area (Å²) >= 11 is 0. The Hall–Kier alpha value is -2.82. The predicted octanol–water partition coefficient (Wildman–Crippen LogP) is 2.96. The molecule has 22 heavy (non-hydrogen) atoms. The van der Waals surface area contributed by atoms with Gasteiger partial charge in [-0.15, -0.1) is 0 Å². The van der Waals surface area contributed by atoms with Crippen LogP contribution in [0.3, 0.4) is 0 Å². The van der Waals surface area contributed by atoms with Gasteiger partial charge in [-0.3, -0.25) is 5.32 Å². The van der Waals surface area contributed by atoms with E-state index in [4.69, 9.17) is 0 Å². The average molecular weight is 295 g/mol. The Balaban J connectivity index is 1.94. The van der Waals surface area contributed by atoms with Crippen LogP contribution in [0.15, 0.2) is 65.7 Å². The summed E-state index contributed by atoms with van der Waals surface area (Å²) in [6, 6.07) is 20.1.